The number of rotatable bonds is 5. The highest BCUT2D eigenvalue weighted by Gasteiger charge is 2.38. The summed E-state index contributed by atoms with van der Waals surface area (Å²) < 4.78 is 11.0. The Morgan fingerprint density at radius 3 is 2.26 bits per heavy atom. The molecule has 1 aliphatic rings. The van der Waals surface area contributed by atoms with Crippen molar-refractivity contribution in [3.8, 4) is 11.5 Å². The lowest BCUT2D eigenvalue weighted by atomic mass is 9.80. The summed E-state index contributed by atoms with van der Waals surface area (Å²) in [6.07, 6.45) is 4.46. The quantitative estimate of drug-likeness (QED) is 0.855. The van der Waals surface area contributed by atoms with Crippen molar-refractivity contribution < 1.29 is 14.6 Å². The molecule has 106 valence electrons. The van der Waals surface area contributed by atoms with Gasteiger partial charge in [-0.15, -0.1) is 0 Å². The summed E-state index contributed by atoms with van der Waals surface area (Å²) in [4.78, 5) is 0. The Hall–Kier alpha value is -1.26. The van der Waals surface area contributed by atoms with E-state index >= 15 is 0 Å². The van der Waals surface area contributed by atoms with Crippen molar-refractivity contribution in [1.29, 1.82) is 0 Å². The zero-order valence-corrected chi connectivity index (χ0v) is 11.5. The summed E-state index contributed by atoms with van der Waals surface area (Å²) in [5, 5.41) is 10.7. The van der Waals surface area contributed by atoms with Crippen LogP contribution in [0, 0.1) is 0 Å². The van der Waals surface area contributed by atoms with E-state index in [1.807, 2.05) is 24.3 Å². The van der Waals surface area contributed by atoms with Crippen LogP contribution in [-0.2, 0) is 0 Å². The molecule has 1 unspecified atom stereocenters. The molecule has 1 aromatic rings. The van der Waals surface area contributed by atoms with Crippen LogP contribution in [0.1, 0.15) is 32.1 Å². The van der Waals surface area contributed by atoms with E-state index in [0.717, 1.165) is 37.2 Å². The molecular formula is C15H23NO3. The van der Waals surface area contributed by atoms with Gasteiger partial charge in [-0.2, -0.15) is 0 Å². The number of ether oxygens (including phenoxy) is 2. The van der Waals surface area contributed by atoms with E-state index in [1.165, 1.54) is 6.42 Å². The minimum absolute atomic E-state index is 0.322. The highest BCUT2D eigenvalue weighted by Crippen LogP contribution is 2.33. The molecule has 2 rings (SSSR count). The lowest BCUT2D eigenvalue weighted by molar-refractivity contribution is -0.0811. The van der Waals surface area contributed by atoms with E-state index in [1.54, 1.807) is 7.11 Å². The second-order valence-corrected chi connectivity index (χ2v) is 5.18. The molecule has 3 N–H and O–H groups in total. The van der Waals surface area contributed by atoms with Gasteiger partial charge in [-0.05, 0) is 37.1 Å². The fourth-order valence-electron chi connectivity index (χ4n) is 2.68. The predicted molar refractivity (Wildman–Crippen MR) is 74.5 cm³/mol. The molecule has 0 heterocycles. The summed E-state index contributed by atoms with van der Waals surface area (Å²) in [6, 6.07) is 7.36. The van der Waals surface area contributed by atoms with Crippen LogP contribution >= 0.6 is 0 Å². The van der Waals surface area contributed by atoms with E-state index in [9.17, 15) is 5.11 Å². The van der Waals surface area contributed by atoms with Gasteiger partial charge >= 0.3 is 0 Å². The smallest absolute Gasteiger partial charge is 0.139 e. The third kappa shape index (κ3) is 3.39. The maximum absolute atomic E-state index is 10.7. The zero-order valence-electron chi connectivity index (χ0n) is 11.5. The Morgan fingerprint density at radius 2 is 1.74 bits per heavy atom. The Kier molecular flexibility index (Phi) is 4.66. The molecule has 1 aliphatic carbocycles. The molecule has 1 aromatic carbocycles. The predicted octanol–water partition coefficient (Wildman–Crippen LogP) is 2.10. The third-order valence-corrected chi connectivity index (χ3v) is 3.87. The number of methoxy groups -OCH3 is 1. The van der Waals surface area contributed by atoms with Crippen molar-refractivity contribution in [2.75, 3.05) is 13.7 Å². The van der Waals surface area contributed by atoms with Crippen LogP contribution in [0.15, 0.2) is 24.3 Å². The van der Waals surface area contributed by atoms with Crippen LogP contribution in [0.2, 0.25) is 0 Å². The Labute approximate surface area is 114 Å². The van der Waals surface area contributed by atoms with Crippen molar-refractivity contribution in [3.05, 3.63) is 24.3 Å². The second kappa shape index (κ2) is 6.26. The normalized spacial score (nSPS) is 19.7. The fraction of sp³-hybridized carbons (Fsp3) is 0.600. The number of benzene rings is 1. The SMILES string of the molecule is COc1ccc(OC(CN)C2(O)CCCCC2)cc1. The Morgan fingerprint density at radius 1 is 1.16 bits per heavy atom. The summed E-state index contributed by atoms with van der Waals surface area (Å²) in [5.41, 5.74) is 5.00. The summed E-state index contributed by atoms with van der Waals surface area (Å²) in [5.74, 6) is 1.50. The first kappa shape index (κ1) is 14.2. The lowest BCUT2D eigenvalue weighted by Gasteiger charge is -2.38. The van der Waals surface area contributed by atoms with Gasteiger partial charge in [0.2, 0.25) is 0 Å². The molecule has 0 aromatic heterocycles. The van der Waals surface area contributed by atoms with Crippen LogP contribution in [0.5, 0.6) is 11.5 Å². The van der Waals surface area contributed by atoms with Gasteiger partial charge in [0, 0.05) is 6.54 Å². The number of nitrogens with two attached hydrogens (primary N) is 1. The molecule has 0 saturated heterocycles. The first-order valence-electron chi connectivity index (χ1n) is 6.91. The molecule has 0 aliphatic heterocycles. The van der Waals surface area contributed by atoms with Crippen LogP contribution in [0.3, 0.4) is 0 Å². The van der Waals surface area contributed by atoms with Crippen molar-refractivity contribution in [2.24, 2.45) is 5.73 Å². The van der Waals surface area contributed by atoms with Gasteiger partial charge in [-0.3, -0.25) is 0 Å². The maximum Gasteiger partial charge on any atom is 0.139 e. The standard InChI is InChI=1S/C15H23NO3/c1-18-12-5-7-13(8-6-12)19-14(11-16)15(17)9-3-2-4-10-15/h5-8,14,17H,2-4,9-11,16H2,1H3. The second-order valence-electron chi connectivity index (χ2n) is 5.18. The largest absolute Gasteiger partial charge is 0.497 e. The number of hydrogen-bond acceptors (Lipinski definition) is 4. The molecule has 19 heavy (non-hydrogen) atoms. The van der Waals surface area contributed by atoms with Crippen LogP contribution < -0.4 is 15.2 Å². The molecule has 4 nitrogen and oxygen atoms in total. The van der Waals surface area contributed by atoms with E-state index < -0.39 is 5.60 Å². The first-order valence-corrected chi connectivity index (χ1v) is 6.91. The third-order valence-electron chi connectivity index (χ3n) is 3.87. The Bertz CT molecular complexity index is 385. The minimum atomic E-state index is -0.785. The molecule has 0 amide bonds. The van der Waals surface area contributed by atoms with Gasteiger partial charge in [0.1, 0.15) is 23.2 Å². The van der Waals surface area contributed by atoms with Gasteiger partial charge in [0.15, 0.2) is 0 Å². The topological polar surface area (TPSA) is 64.7 Å². The van der Waals surface area contributed by atoms with Gasteiger partial charge < -0.3 is 20.3 Å². The molecule has 0 spiro atoms. The molecule has 0 radical (unpaired) electrons. The minimum Gasteiger partial charge on any atom is -0.497 e. The summed E-state index contributed by atoms with van der Waals surface area (Å²) >= 11 is 0. The highest BCUT2D eigenvalue weighted by molar-refractivity contribution is 5.31. The zero-order chi connectivity index (χ0) is 13.7. The molecule has 1 saturated carbocycles. The van der Waals surface area contributed by atoms with Crippen molar-refractivity contribution >= 4 is 0 Å². The Balaban J connectivity index is 2.04. The molecule has 1 atom stereocenters. The maximum atomic E-state index is 10.7. The van der Waals surface area contributed by atoms with E-state index in [-0.39, 0.29) is 6.10 Å². The van der Waals surface area contributed by atoms with E-state index in [2.05, 4.69) is 0 Å². The van der Waals surface area contributed by atoms with Gasteiger partial charge in [0.05, 0.1) is 7.11 Å². The van der Waals surface area contributed by atoms with Crippen LogP contribution in [0.25, 0.3) is 0 Å². The van der Waals surface area contributed by atoms with E-state index in [4.69, 9.17) is 15.2 Å². The van der Waals surface area contributed by atoms with Crippen LogP contribution in [0.4, 0.5) is 0 Å². The molecular weight excluding hydrogens is 242 g/mol. The number of hydrogen-bond donors (Lipinski definition) is 2. The van der Waals surface area contributed by atoms with Crippen molar-refractivity contribution in [1.82, 2.24) is 0 Å². The molecule has 1 fully saturated rings. The number of aliphatic hydroxyl groups is 1. The molecule has 4 heteroatoms. The van der Waals surface area contributed by atoms with Gasteiger partial charge in [0.25, 0.3) is 0 Å². The first-order chi connectivity index (χ1) is 9.18. The monoisotopic (exact) mass is 265 g/mol. The summed E-state index contributed by atoms with van der Waals surface area (Å²) in [7, 11) is 1.63. The highest BCUT2D eigenvalue weighted by atomic mass is 16.5. The van der Waals surface area contributed by atoms with Crippen molar-refractivity contribution in [3.63, 3.8) is 0 Å². The summed E-state index contributed by atoms with van der Waals surface area (Å²) in [6.45, 7) is 0.322. The molecule has 0 bridgehead atoms. The lowest BCUT2D eigenvalue weighted by Crippen LogP contribution is -2.51. The van der Waals surface area contributed by atoms with Gasteiger partial charge in [-0.25, -0.2) is 0 Å². The average Bonchev–Trinajstić information content (AvgIpc) is 2.46. The van der Waals surface area contributed by atoms with E-state index in [0.29, 0.717) is 6.54 Å². The van der Waals surface area contributed by atoms with Gasteiger partial charge in [-0.1, -0.05) is 19.3 Å². The van der Waals surface area contributed by atoms with Crippen molar-refractivity contribution in [2.45, 2.75) is 43.8 Å². The van der Waals surface area contributed by atoms with Crippen LogP contribution in [-0.4, -0.2) is 30.5 Å². The average molecular weight is 265 g/mol. The fourth-order valence-corrected chi connectivity index (χ4v) is 2.68.